The fraction of sp³-hybridized carbons (Fsp3) is 0.222. The lowest BCUT2D eigenvalue weighted by Crippen LogP contribution is -2.51. The molecule has 1 fully saturated rings. The second-order valence-electron chi connectivity index (χ2n) is 7.94. The molecule has 2 amide bonds. The van der Waals surface area contributed by atoms with Gasteiger partial charge in [-0.1, -0.05) is 90.5 Å². The number of rotatable bonds is 5. The van der Waals surface area contributed by atoms with Crippen molar-refractivity contribution in [2.45, 2.75) is 13.0 Å². The van der Waals surface area contributed by atoms with Crippen molar-refractivity contribution in [2.24, 2.45) is 0 Å². The van der Waals surface area contributed by atoms with Crippen molar-refractivity contribution in [1.82, 2.24) is 15.1 Å². The number of hydrogen-bond acceptors (Lipinski definition) is 2. The largest absolute Gasteiger partial charge is 0.322 e. The molecule has 31 heavy (non-hydrogen) atoms. The van der Waals surface area contributed by atoms with Gasteiger partial charge in [-0.15, -0.1) is 0 Å². The Morgan fingerprint density at radius 3 is 2.03 bits per heavy atom. The summed E-state index contributed by atoms with van der Waals surface area (Å²) < 4.78 is 0. The molecule has 0 saturated carbocycles. The molecular weight excluding hydrogens is 382 g/mol. The Morgan fingerprint density at radius 2 is 1.45 bits per heavy atom. The van der Waals surface area contributed by atoms with Crippen molar-refractivity contribution in [2.75, 3.05) is 26.2 Å². The number of aryl methyl sites for hydroxylation is 1. The normalized spacial score (nSPS) is 14.8. The predicted octanol–water partition coefficient (Wildman–Crippen LogP) is 5.08. The maximum Gasteiger partial charge on any atom is 0.321 e. The van der Waals surface area contributed by atoms with E-state index in [1.807, 2.05) is 23.1 Å². The summed E-state index contributed by atoms with van der Waals surface area (Å²) in [5.74, 6) is 0. The van der Waals surface area contributed by atoms with Crippen LogP contribution in [0.4, 0.5) is 4.79 Å². The number of nitrogens with one attached hydrogen (secondary N) is 1. The van der Waals surface area contributed by atoms with Gasteiger partial charge in [0.25, 0.3) is 0 Å². The third kappa shape index (κ3) is 5.41. The van der Waals surface area contributed by atoms with Crippen LogP contribution in [-0.2, 0) is 0 Å². The first-order valence-corrected chi connectivity index (χ1v) is 10.8. The van der Waals surface area contributed by atoms with Crippen molar-refractivity contribution in [3.8, 4) is 0 Å². The van der Waals surface area contributed by atoms with Gasteiger partial charge in [-0.25, -0.2) is 4.79 Å². The highest BCUT2D eigenvalue weighted by Crippen LogP contribution is 2.29. The smallest absolute Gasteiger partial charge is 0.321 e. The Labute approximate surface area is 184 Å². The first-order valence-electron chi connectivity index (χ1n) is 10.8. The number of hydrogen-bond donors (Lipinski definition) is 1. The highest BCUT2D eigenvalue weighted by Gasteiger charge is 2.27. The topological polar surface area (TPSA) is 35.6 Å². The monoisotopic (exact) mass is 411 g/mol. The zero-order valence-corrected chi connectivity index (χ0v) is 17.9. The van der Waals surface area contributed by atoms with Crippen LogP contribution in [0.1, 0.15) is 28.3 Å². The Kier molecular flexibility index (Phi) is 6.80. The zero-order chi connectivity index (χ0) is 21.5. The van der Waals surface area contributed by atoms with Gasteiger partial charge >= 0.3 is 6.03 Å². The average Bonchev–Trinajstić information content (AvgIpc) is 2.81. The van der Waals surface area contributed by atoms with Gasteiger partial charge in [0, 0.05) is 32.4 Å². The van der Waals surface area contributed by atoms with Crippen LogP contribution in [0.2, 0.25) is 0 Å². The molecule has 0 unspecified atom stereocenters. The summed E-state index contributed by atoms with van der Waals surface area (Å²) in [6.45, 7) is 5.15. The summed E-state index contributed by atoms with van der Waals surface area (Å²) in [5, 5.41) is 2.92. The van der Waals surface area contributed by atoms with E-state index in [4.69, 9.17) is 0 Å². The van der Waals surface area contributed by atoms with Crippen LogP contribution >= 0.6 is 0 Å². The van der Waals surface area contributed by atoms with E-state index in [9.17, 15) is 4.79 Å². The molecule has 0 bridgehead atoms. The van der Waals surface area contributed by atoms with Crippen LogP contribution in [0.5, 0.6) is 0 Å². The quantitative estimate of drug-likeness (QED) is 0.635. The first kappa shape index (κ1) is 20.9. The highest BCUT2D eigenvalue weighted by molar-refractivity contribution is 5.76. The minimum atomic E-state index is -0.0421. The minimum Gasteiger partial charge on any atom is -0.322 e. The van der Waals surface area contributed by atoms with Crippen LogP contribution in [0.25, 0.3) is 6.08 Å². The van der Waals surface area contributed by atoms with Crippen molar-refractivity contribution in [3.63, 3.8) is 0 Å². The number of carbonyl (C=O) groups is 1. The Morgan fingerprint density at radius 1 is 0.839 bits per heavy atom. The summed E-state index contributed by atoms with van der Waals surface area (Å²) >= 11 is 0. The summed E-state index contributed by atoms with van der Waals surface area (Å²) in [4.78, 5) is 17.0. The molecule has 1 aliphatic rings. The van der Waals surface area contributed by atoms with Gasteiger partial charge in [0.2, 0.25) is 0 Å². The lowest BCUT2D eigenvalue weighted by atomic mass is 9.96. The third-order valence-corrected chi connectivity index (χ3v) is 5.72. The molecule has 1 heterocycles. The highest BCUT2D eigenvalue weighted by atomic mass is 16.2. The Bertz CT molecular complexity index is 969. The van der Waals surface area contributed by atoms with Gasteiger partial charge < -0.3 is 10.2 Å². The fourth-order valence-corrected chi connectivity index (χ4v) is 4.14. The van der Waals surface area contributed by atoms with Crippen LogP contribution < -0.4 is 5.32 Å². The molecule has 3 aromatic carbocycles. The van der Waals surface area contributed by atoms with Crippen LogP contribution in [0.3, 0.4) is 0 Å². The number of urea groups is 1. The SMILES string of the molecule is Cc1cccc(/C=C/NC(=O)N2CCN(C(c3ccccc3)c3ccccc3)CC2)c1. The summed E-state index contributed by atoms with van der Waals surface area (Å²) in [7, 11) is 0. The molecular formula is C27H29N3O. The fourth-order valence-electron chi connectivity index (χ4n) is 4.14. The number of amides is 2. The molecule has 4 nitrogen and oxygen atoms in total. The molecule has 1 aliphatic heterocycles. The number of nitrogens with zero attached hydrogens (tertiary/aromatic N) is 2. The van der Waals surface area contributed by atoms with Crippen LogP contribution in [-0.4, -0.2) is 42.0 Å². The van der Waals surface area contributed by atoms with Gasteiger partial charge in [0.15, 0.2) is 0 Å². The maximum atomic E-state index is 12.6. The van der Waals surface area contributed by atoms with Crippen LogP contribution in [0.15, 0.2) is 91.1 Å². The van der Waals surface area contributed by atoms with Gasteiger partial charge in [-0.2, -0.15) is 0 Å². The third-order valence-electron chi connectivity index (χ3n) is 5.72. The van der Waals surface area contributed by atoms with Gasteiger partial charge in [0.1, 0.15) is 0 Å². The molecule has 0 aliphatic carbocycles. The summed E-state index contributed by atoms with van der Waals surface area (Å²) in [6.07, 6.45) is 3.67. The maximum absolute atomic E-state index is 12.6. The molecule has 1 N–H and O–H groups in total. The van der Waals surface area contributed by atoms with Gasteiger partial charge in [-0.3, -0.25) is 4.90 Å². The van der Waals surface area contributed by atoms with E-state index in [2.05, 4.69) is 89.9 Å². The standard InChI is InChI=1S/C27H29N3O/c1-22-9-8-10-23(21-22)15-16-28-27(31)30-19-17-29(18-20-30)26(24-11-4-2-5-12-24)25-13-6-3-7-14-25/h2-16,21,26H,17-20H2,1H3,(H,28,31)/b16-15+. The van der Waals surface area contributed by atoms with E-state index < -0.39 is 0 Å². The zero-order valence-electron chi connectivity index (χ0n) is 17.9. The molecule has 3 aromatic rings. The van der Waals surface area contributed by atoms with E-state index >= 15 is 0 Å². The second-order valence-corrected chi connectivity index (χ2v) is 7.94. The average molecular weight is 412 g/mol. The molecule has 0 radical (unpaired) electrons. The van der Waals surface area contributed by atoms with E-state index in [1.54, 1.807) is 6.20 Å². The Balaban J connectivity index is 1.38. The molecule has 0 atom stereocenters. The van der Waals surface area contributed by atoms with Crippen molar-refractivity contribution < 1.29 is 4.79 Å². The lowest BCUT2D eigenvalue weighted by Gasteiger charge is -2.39. The van der Waals surface area contributed by atoms with Gasteiger partial charge in [-0.05, 0) is 29.7 Å². The van der Waals surface area contributed by atoms with Crippen LogP contribution in [0, 0.1) is 6.92 Å². The number of benzene rings is 3. The minimum absolute atomic E-state index is 0.0421. The van der Waals surface area contributed by atoms with Crippen molar-refractivity contribution in [1.29, 1.82) is 0 Å². The molecule has 0 spiro atoms. The van der Waals surface area contributed by atoms with E-state index in [-0.39, 0.29) is 12.1 Å². The second kappa shape index (κ2) is 10.1. The lowest BCUT2D eigenvalue weighted by molar-refractivity contribution is 0.122. The van der Waals surface area contributed by atoms with E-state index in [0.717, 1.165) is 18.7 Å². The van der Waals surface area contributed by atoms with Crippen molar-refractivity contribution >= 4 is 12.1 Å². The first-order chi connectivity index (χ1) is 15.2. The molecule has 1 saturated heterocycles. The molecule has 4 heteroatoms. The van der Waals surface area contributed by atoms with E-state index in [0.29, 0.717) is 13.1 Å². The number of carbonyl (C=O) groups excluding carboxylic acids is 1. The van der Waals surface area contributed by atoms with Gasteiger partial charge in [0.05, 0.1) is 6.04 Å². The van der Waals surface area contributed by atoms with Crippen molar-refractivity contribution in [3.05, 3.63) is 113 Å². The predicted molar refractivity (Wildman–Crippen MR) is 127 cm³/mol. The molecule has 4 rings (SSSR count). The molecule has 0 aromatic heterocycles. The number of piperazine rings is 1. The molecule has 158 valence electrons. The summed E-state index contributed by atoms with van der Waals surface area (Å²) in [5.41, 5.74) is 4.86. The van der Waals surface area contributed by atoms with E-state index in [1.165, 1.54) is 16.7 Å². The Hall–Kier alpha value is -3.37. The summed E-state index contributed by atoms with van der Waals surface area (Å²) in [6, 6.07) is 29.6.